The minimum atomic E-state index is -0.0777. The Morgan fingerprint density at radius 1 is 1.09 bits per heavy atom. The minimum Gasteiger partial charge on any atom is -0.507 e. The molecule has 2 aromatic carbocycles. The number of phenols is 1. The van der Waals surface area contributed by atoms with Crippen LogP contribution in [0, 0.1) is 0 Å². The Labute approximate surface area is 191 Å². The first-order chi connectivity index (χ1) is 15.5. The predicted molar refractivity (Wildman–Crippen MR) is 131 cm³/mol. The van der Waals surface area contributed by atoms with E-state index in [4.69, 9.17) is 9.40 Å². The maximum Gasteiger partial charge on any atom is 0.203 e. The number of thiazole rings is 1. The van der Waals surface area contributed by atoms with E-state index in [1.54, 1.807) is 12.1 Å². The number of aromatic nitrogens is 1. The van der Waals surface area contributed by atoms with Gasteiger partial charge in [0.25, 0.3) is 0 Å². The van der Waals surface area contributed by atoms with Gasteiger partial charge in [0, 0.05) is 12.5 Å². The zero-order chi connectivity index (χ0) is 22.2. The molecular formula is C26H28N2O3S. The molecule has 0 radical (unpaired) electrons. The van der Waals surface area contributed by atoms with E-state index in [1.165, 1.54) is 24.2 Å². The Bertz CT molecular complexity index is 1300. The van der Waals surface area contributed by atoms with Gasteiger partial charge in [-0.2, -0.15) is 0 Å². The molecule has 6 heteroatoms. The lowest BCUT2D eigenvalue weighted by Crippen LogP contribution is -2.24. The second kappa shape index (κ2) is 8.68. The Morgan fingerprint density at radius 2 is 1.84 bits per heavy atom. The van der Waals surface area contributed by atoms with Gasteiger partial charge < -0.3 is 9.52 Å². The number of hydrogen-bond acceptors (Lipinski definition) is 6. The fourth-order valence-electron chi connectivity index (χ4n) is 4.58. The molecule has 5 rings (SSSR count). The SMILES string of the molecule is CC(C)c1oc2c(CN3CCCCCC3)c(O)ccc2c(=O)c1-c1nc2ccccc2s1. The van der Waals surface area contributed by atoms with E-state index in [9.17, 15) is 9.90 Å². The molecule has 5 nitrogen and oxygen atoms in total. The van der Waals surface area contributed by atoms with Gasteiger partial charge in [0.1, 0.15) is 22.1 Å². The van der Waals surface area contributed by atoms with Crippen molar-refractivity contribution in [3.8, 4) is 16.3 Å². The summed E-state index contributed by atoms with van der Waals surface area (Å²) < 4.78 is 7.50. The van der Waals surface area contributed by atoms with Crippen molar-refractivity contribution in [2.24, 2.45) is 0 Å². The Hall–Kier alpha value is -2.70. The van der Waals surface area contributed by atoms with Gasteiger partial charge in [0.2, 0.25) is 5.43 Å². The molecule has 1 N–H and O–H groups in total. The van der Waals surface area contributed by atoms with Crippen LogP contribution in [-0.4, -0.2) is 28.1 Å². The highest BCUT2D eigenvalue weighted by molar-refractivity contribution is 7.21. The maximum absolute atomic E-state index is 13.8. The molecule has 1 saturated heterocycles. The second-order valence-electron chi connectivity index (χ2n) is 8.94. The van der Waals surface area contributed by atoms with Crippen molar-refractivity contribution in [2.75, 3.05) is 13.1 Å². The van der Waals surface area contributed by atoms with Crippen molar-refractivity contribution in [3.63, 3.8) is 0 Å². The van der Waals surface area contributed by atoms with Crippen LogP contribution in [0.5, 0.6) is 5.75 Å². The summed E-state index contributed by atoms with van der Waals surface area (Å²) >= 11 is 1.51. The average molecular weight is 449 g/mol. The van der Waals surface area contributed by atoms with Gasteiger partial charge in [0.05, 0.1) is 26.7 Å². The van der Waals surface area contributed by atoms with Crippen LogP contribution in [0.1, 0.15) is 56.8 Å². The van der Waals surface area contributed by atoms with Crippen molar-refractivity contribution < 1.29 is 9.52 Å². The van der Waals surface area contributed by atoms with Crippen LogP contribution in [0.15, 0.2) is 45.6 Å². The number of fused-ring (bicyclic) bond motifs is 2. The van der Waals surface area contributed by atoms with Crippen LogP contribution in [-0.2, 0) is 6.54 Å². The third-order valence-corrected chi connectivity index (χ3v) is 7.33. The monoisotopic (exact) mass is 448 g/mol. The Morgan fingerprint density at radius 3 is 2.56 bits per heavy atom. The third kappa shape index (κ3) is 3.82. The van der Waals surface area contributed by atoms with Gasteiger partial charge in [-0.3, -0.25) is 9.69 Å². The van der Waals surface area contributed by atoms with E-state index < -0.39 is 0 Å². The van der Waals surface area contributed by atoms with Crippen LogP contribution in [0.4, 0.5) is 0 Å². The summed E-state index contributed by atoms with van der Waals surface area (Å²) in [5.74, 6) is 0.819. The van der Waals surface area contributed by atoms with Crippen molar-refractivity contribution in [3.05, 3.63) is 57.9 Å². The zero-order valence-electron chi connectivity index (χ0n) is 18.6. The molecular weight excluding hydrogens is 420 g/mol. The van der Waals surface area contributed by atoms with Crippen molar-refractivity contribution in [1.29, 1.82) is 0 Å². The number of phenolic OH excluding ortho intramolecular Hbond substituents is 1. The summed E-state index contributed by atoms with van der Waals surface area (Å²) in [6.45, 7) is 6.64. The lowest BCUT2D eigenvalue weighted by Gasteiger charge is -2.21. The molecule has 1 aliphatic rings. The van der Waals surface area contributed by atoms with Crippen molar-refractivity contribution >= 4 is 32.5 Å². The molecule has 3 heterocycles. The Balaban J connectivity index is 1.70. The van der Waals surface area contributed by atoms with E-state index >= 15 is 0 Å². The molecule has 0 spiro atoms. The molecule has 0 aliphatic carbocycles. The molecule has 1 fully saturated rings. The lowest BCUT2D eigenvalue weighted by atomic mass is 10.0. The predicted octanol–water partition coefficient (Wildman–Crippen LogP) is 6.27. The van der Waals surface area contributed by atoms with Gasteiger partial charge in [-0.15, -0.1) is 11.3 Å². The second-order valence-corrected chi connectivity index (χ2v) is 9.97. The molecule has 0 atom stereocenters. The minimum absolute atomic E-state index is 0.00231. The summed E-state index contributed by atoms with van der Waals surface area (Å²) in [6, 6.07) is 11.2. The fourth-order valence-corrected chi connectivity index (χ4v) is 5.59. The quantitative estimate of drug-likeness (QED) is 0.398. The highest BCUT2D eigenvalue weighted by atomic mass is 32.1. The topological polar surface area (TPSA) is 66.6 Å². The van der Waals surface area contributed by atoms with Gasteiger partial charge in [-0.05, 0) is 50.2 Å². The van der Waals surface area contributed by atoms with Crippen LogP contribution in [0.2, 0.25) is 0 Å². The van der Waals surface area contributed by atoms with E-state index in [0.29, 0.717) is 39.4 Å². The van der Waals surface area contributed by atoms with Gasteiger partial charge in [-0.25, -0.2) is 4.98 Å². The first kappa shape index (κ1) is 21.2. The van der Waals surface area contributed by atoms with Gasteiger partial charge >= 0.3 is 0 Å². The highest BCUT2D eigenvalue weighted by Gasteiger charge is 2.24. The molecule has 166 valence electrons. The number of hydrogen-bond donors (Lipinski definition) is 1. The fraction of sp³-hybridized carbons (Fsp3) is 0.385. The molecule has 2 aromatic heterocycles. The number of rotatable bonds is 4. The largest absolute Gasteiger partial charge is 0.507 e. The van der Waals surface area contributed by atoms with E-state index in [-0.39, 0.29) is 17.1 Å². The summed E-state index contributed by atoms with van der Waals surface area (Å²) in [6.07, 6.45) is 4.81. The molecule has 32 heavy (non-hydrogen) atoms. The number of likely N-dealkylation sites (tertiary alicyclic amines) is 1. The van der Waals surface area contributed by atoms with E-state index in [1.807, 2.05) is 38.1 Å². The van der Waals surface area contributed by atoms with Crippen molar-refractivity contribution in [1.82, 2.24) is 9.88 Å². The molecule has 4 aromatic rings. The first-order valence-corrected chi connectivity index (χ1v) is 12.2. The van der Waals surface area contributed by atoms with Crippen LogP contribution in [0.3, 0.4) is 0 Å². The summed E-state index contributed by atoms with van der Waals surface area (Å²) in [5, 5.41) is 11.9. The zero-order valence-corrected chi connectivity index (χ0v) is 19.4. The highest BCUT2D eigenvalue weighted by Crippen LogP contribution is 2.37. The van der Waals surface area contributed by atoms with Crippen LogP contribution in [0.25, 0.3) is 31.8 Å². The van der Waals surface area contributed by atoms with Crippen LogP contribution >= 0.6 is 11.3 Å². The molecule has 0 saturated carbocycles. The van der Waals surface area contributed by atoms with Gasteiger partial charge in [0.15, 0.2) is 0 Å². The average Bonchev–Trinajstić information content (AvgIpc) is 3.03. The standard InChI is InChI=1S/C26H28N2O3S/c1-16(2)24-22(26-27-19-9-5-6-10-21(19)32-26)23(30)17-11-12-20(29)18(25(17)31-24)15-28-13-7-3-4-8-14-28/h5-6,9-12,16,29H,3-4,7-8,13-15H2,1-2H3. The smallest absolute Gasteiger partial charge is 0.203 e. The first-order valence-electron chi connectivity index (χ1n) is 11.4. The summed E-state index contributed by atoms with van der Waals surface area (Å²) in [7, 11) is 0. The summed E-state index contributed by atoms with van der Waals surface area (Å²) in [4.78, 5) is 20.9. The van der Waals surface area contributed by atoms with E-state index in [2.05, 4.69) is 4.90 Å². The number of para-hydroxylation sites is 1. The van der Waals surface area contributed by atoms with Crippen LogP contribution < -0.4 is 5.43 Å². The van der Waals surface area contributed by atoms with Crippen molar-refractivity contribution in [2.45, 2.75) is 52.0 Å². The number of nitrogens with zero attached hydrogens (tertiary/aromatic N) is 2. The number of benzene rings is 2. The van der Waals surface area contributed by atoms with Gasteiger partial charge in [-0.1, -0.05) is 38.8 Å². The maximum atomic E-state index is 13.8. The normalized spacial score (nSPS) is 15.6. The third-order valence-electron chi connectivity index (χ3n) is 6.28. The number of aromatic hydroxyl groups is 1. The molecule has 1 aliphatic heterocycles. The molecule has 0 unspecified atom stereocenters. The van der Waals surface area contributed by atoms with E-state index in [0.717, 1.165) is 36.1 Å². The lowest BCUT2D eigenvalue weighted by molar-refractivity contribution is 0.272. The molecule has 0 bridgehead atoms. The summed E-state index contributed by atoms with van der Waals surface area (Å²) in [5.41, 5.74) is 2.56. The molecule has 0 amide bonds. The Kier molecular flexibility index (Phi) is 5.74.